The van der Waals surface area contributed by atoms with E-state index in [0.29, 0.717) is 13.1 Å². The second kappa shape index (κ2) is 10.8. The molecule has 36 heavy (non-hydrogen) atoms. The lowest BCUT2D eigenvalue weighted by Crippen LogP contribution is -2.40. The number of ether oxygens (including phenoxy) is 2. The van der Waals surface area contributed by atoms with Crippen LogP contribution in [0, 0.1) is 19.8 Å². The van der Waals surface area contributed by atoms with Crippen molar-refractivity contribution in [3.05, 3.63) is 51.1 Å². The zero-order valence-corrected chi connectivity index (χ0v) is 21.9. The number of benzene rings is 1. The number of pyridine rings is 1. The lowest BCUT2D eigenvalue weighted by atomic mass is 9.99. The van der Waals surface area contributed by atoms with Crippen molar-refractivity contribution in [2.75, 3.05) is 19.8 Å². The highest BCUT2D eigenvalue weighted by Crippen LogP contribution is 2.31. The number of nitrogens with one attached hydrogen (secondary N) is 1. The maximum absolute atomic E-state index is 13.2. The number of aryl methyl sites for hydroxylation is 2. The van der Waals surface area contributed by atoms with Crippen LogP contribution in [0.3, 0.4) is 0 Å². The fourth-order valence-corrected chi connectivity index (χ4v) is 5.60. The molecule has 9 nitrogen and oxygen atoms in total. The van der Waals surface area contributed by atoms with Crippen LogP contribution in [-0.2, 0) is 22.6 Å². The summed E-state index contributed by atoms with van der Waals surface area (Å²) in [7, 11) is 0. The third-order valence-corrected chi connectivity index (χ3v) is 7.62. The van der Waals surface area contributed by atoms with E-state index in [1.807, 2.05) is 10.7 Å². The van der Waals surface area contributed by atoms with E-state index in [1.165, 1.54) is 11.1 Å². The van der Waals surface area contributed by atoms with Crippen LogP contribution in [0.5, 0.6) is 0 Å². The number of tetrazole rings is 1. The second-order valence-electron chi connectivity index (χ2n) is 10.8. The van der Waals surface area contributed by atoms with Gasteiger partial charge in [-0.15, -0.1) is 5.10 Å². The standard InChI is InChI=1S/C27H38N6O3/c1-17(2)25(26-29-30-31-33(26)16-23-8-6-10-36-23)32(15-22-7-5-9-35-22)14-21-13-20-11-18(3)19(4)12-24(20)28-27(21)34/h11-13,17,22-23,25H,5-10,14-16H2,1-4H3,(H,28,34)/t22-,23+,25-/m0/s1. The van der Waals surface area contributed by atoms with Gasteiger partial charge in [-0.05, 0) is 90.6 Å². The fraction of sp³-hybridized carbons (Fsp3) is 0.630. The molecule has 4 heterocycles. The summed E-state index contributed by atoms with van der Waals surface area (Å²) in [6.07, 6.45) is 4.46. The van der Waals surface area contributed by atoms with E-state index in [-0.39, 0.29) is 29.7 Å². The average Bonchev–Trinajstić information content (AvgIpc) is 3.61. The summed E-state index contributed by atoms with van der Waals surface area (Å²) in [5, 5.41) is 13.9. The van der Waals surface area contributed by atoms with Crippen molar-refractivity contribution in [2.24, 2.45) is 5.92 Å². The minimum Gasteiger partial charge on any atom is -0.377 e. The number of hydrogen-bond donors (Lipinski definition) is 1. The molecule has 0 saturated carbocycles. The van der Waals surface area contributed by atoms with Crippen LogP contribution in [0.4, 0.5) is 0 Å². The third kappa shape index (κ3) is 5.38. The molecular formula is C27H38N6O3. The number of aromatic nitrogens is 5. The smallest absolute Gasteiger partial charge is 0.252 e. The number of fused-ring (bicyclic) bond motifs is 1. The molecule has 0 amide bonds. The summed E-state index contributed by atoms with van der Waals surface area (Å²) in [6, 6.07) is 6.17. The summed E-state index contributed by atoms with van der Waals surface area (Å²) in [5.74, 6) is 1.05. The molecule has 3 aromatic rings. The highest BCUT2D eigenvalue weighted by Gasteiger charge is 2.33. The summed E-state index contributed by atoms with van der Waals surface area (Å²) in [4.78, 5) is 18.7. The summed E-state index contributed by atoms with van der Waals surface area (Å²) in [5.41, 5.74) is 3.95. The van der Waals surface area contributed by atoms with E-state index in [2.05, 4.69) is 65.2 Å². The van der Waals surface area contributed by atoms with Crippen LogP contribution in [0.15, 0.2) is 23.0 Å². The van der Waals surface area contributed by atoms with Gasteiger partial charge in [0.2, 0.25) is 0 Å². The topological polar surface area (TPSA) is 98.2 Å². The van der Waals surface area contributed by atoms with Gasteiger partial charge < -0.3 is 14.5 Å². The Morgan fingerprint density at radius 1 is 1.08 bits per heavy atom. The molecule has 0 radical (unpaired) electrons. The SMILES string of the molecule is Cc1cc2cc(CN(C[C@@H]3CCCO3)[C@H](c3nnnn3C[C@H]3CCCO3)C(C)C)c(=O)[nH]c2cc1C. The average molecular weight is 495 g/mol. The van der Waals surface area contributed by atoms with E-state index in [1.54, 1.807) is 0 Å². The second-order valence-corrected chi connectivity index (χ2v) is 10.8. The molecule has 2 aliphatic heterocycles. The van der Waals surface area contributed by atoms with Gasteiger partial charge in [0, 0.05) is 37.4 Å². The Balaban J connectivity index is 1.50. The molecule has 2 aliphatic rings. The largest absolute Gasteiger partial charge is 0.377 e. The molecular weight excluding hydrogens is 456 g/mol. The molecule has 0 bridgehead atoms. The van der Waals surface area contributed by atoms with Crippen LogP contribution in [0.2, 0.25) is 0 Å². The lowest BCUT2D eigenvalue weighted by Gasteiger charge is -2.35. The number of H-pyrrole nitrogens is 1. The van der Waals surface area contributed by atoms with E-state index in [9.17, 15) is 4.79 Å². The highest BCUT2D eigenvalue weighted by atomic mass is 16.5. The molecule has 2 saturated heterocycles. The molecule has 2 fully saturated rings. The van der Waals surface area contributed by atoms with Crippen molar-refractivity contribution in [1.29, 1.82) is 0 Å². The third-order valence-electron chi connectivity index (χ3n) is 7.62. The molecule has 2 aromatic heterocycles. The molecule has 5 rings (SSSR count). The summed E-state index contributed by atoms with van der Waals surface area (Å²) in [6.45, 7) is 12.0. The van der Waals surface area contributed by atoms with Crippen LogP contribution in [-0.4, -0.2) is 62.1 Å². The molecule has 0 aliphatic carbocycles. The van der Waals surface area contributed by atoms with E-state index in [4.69, 9.17) is 9.47 Å². The predicted molar refractivity (Wildman–Crippen MR) is 138 cm³/mol. The van der Waals surface area contributed by atoms with Crippen LogP contribution in [0.1, 0.15) is 68.1 Å². The summed E-state index contributed by atoms with van der Waals surface area (Å²) >= 11 is 0. The molecule has 1 N–H and O–H groups in total. The van der Waals surface area contributed by atoms with Gasteiger partial charge in [-0.25, -0.2) is 4.68 Å². The quantitative estimate of drug-likeness (QED) is 0.484. The lowest BCUT2D eigenvalue weighted by molar-refractivity contribution is 0.0365. The van der Waals surface area contributed by atoms with Gasteiger partial charge in [-0.2, -0.15) is 0 Å². The first kappa shape index (κ1) is 25.0. The molecule has 1 aromatic carbocycles. The Bertz CT molecular complexity index is 1240. The van der Waals surface area contributed by atoms with Crippen molar-refractivity contribution in [2.45, 2.75) is 84.7 Å². The fourth-order valence-electron chi connectivity index (χ4n) is 5.60. The van der Waals surface area contributed by atoms with Gasteiger partial charge >= 0.3 is 0 Å². The Morgan fingerprint density at radius 2 is 1.81 bits per heavy atom. The van der Waals surface area contributed by atoms with Gasteiger partial charge in [-0.1, -0.05) is 13.8 Å². The van der Waals surface area contributed by atoms with Crippen molar-refractivity contribution < 1.29 is 9.47 Å². The minimum absolute atomic E-state index is 0.0513. The van der Waals surface area contributed by atoms with E-state index < -0.39 is 0 Å². The first-order valence-corrected chi connectivity index (χ1v) is 13.3. The predicted octanol–water partition coefficient (Wildman–Crippen LogP) is 3.69. The number of aromatic amines is 1. The molecule has 0 unspecified atom stereocenters. The first-order valence-electron chi connectivity index (χ1n) is 13.3. The van der Waals surface area contributed by atoms with Crippen LogP contribution >= 0.6 is 0 Å². The molecule has 3 atom stereocenters. The first-order chi connectivity index (χ1) is 17.4. The molecule has 9 heteroatoms. The highest BCUT2D eigenvalue weighted by molar-refractivity contribution is 5.80. The van der Waals surface area contributed by atoms with Gasteiger partial charge in [0.1, 0.15) is 0 Å². The van der Waals surface area contributed by atoms with Crippen molar-refractivity contribution in [1.82, 2.24) is 30.1 Å². The monoisotopic (exact) mass is 494 g/mol. The van der Waals surface area contributed by atoms with E-state index >= 15 is 0 Å². The minimum atomic E-state index is -0.0690. The molecule has 0 spiro atoms. The zero-order valence-electron chi connectivity index (χ0n) is 21.9. The van der Waals surface area contributed by atoms with Gasteiger partial charge in [0.15, 0.2) is 5.82 Å². The van der Waals surface area contributed by atoms with Crippen LogP contribution in [0.25, 0.3) is 10.9 Å². The maximum atomic E-state index is 13.2. The van der Waals surface area contributed by atoms with Crippen molar-refractivity contribution >= 4 is 10.9 Å². The van der Waals surface area contributed by atoms with Gasteiger partial charge in [0.25, 0.3) is 5.56 Å². The van der Waals surface area contributed by atoms with Gasteiger partial charge in [-0.3, -0.25) is 9.69 Å². The van der Waals surface area contributed by atoms with Crippen LogP contribution < -0.4 is 5.56 Å². The number of nitrogens with zero attached hydrogens (tertiary/aromatic N) is 5. The van der Waals surface area contributed by atoms with Gasteiger partial charge in [0.05, 0.1) is 24.8 Å². The Morgan fingerprint density at radius 3 is 2.50 bits per heavy atom. The van der Waals surface area contributed by atoms with Crippen molar-refractivity contribution in [3.8, 4) is 0 Å². The van der Waals surface area contributed by atoms with E-state index in [0.717, 1.165) is 67.7 Å². The number of hydrogen-bond acceptors (Lipinski definition) is 7. The number of rotatable bonds is 9. The maximum Gasteiger partial charge on any atom is 0.252 e. The summed E-state index contributed by atoms with van der Waals surface area (Å²) < 4.78 is 13.8. The zero-order chi connectivity index (χ0) is 25.2. The Hall–Kier alpha value is -2.62. The molecule has 194 valence electrons. The normalized spacial score (nSPS) is 21.3. The Kier molecular flexibility index (Phi) is 7.50. The Labute approximate surface area is 212 Å². The van der Waals surface area contributed by atoms with Crippen molar-refractivity contribution in [3.63, 3.8) is 0 Å².